The maximum Gasteiger partial charge on any atom is 0.407 e. The van der Waals surface area contributed by atoms with Crippen LogP contribution in [0.3, 0.4) is 0 Å². The van der Waals surface area contributed by atoms with Crippen molar-refractivity contribution in [3.8, 4) is 0 Å². The Balaban J connectivity index is 0.00000172. The van der Waals surface area contributed by atoms with E-state index >= 15 is 0 Å². The average molecular weight is 288 g/mol. The number of piperidine rings is 1. The highest BCUT2D eigenvalue weighted by molar-refractivity contribution is 5.67. The fourth-order valence-corrected chi connectivity index (χ4v) is 2.15. The molecule has 0 aromatic rings. The number of carbonyl (C=O) groups is 1. The average Bonchev–Trinajstić information content (AvgIpc) is 2.40. The lowest BCUT2D eigenvalue weighted by Crippen LogP contribution is -2.45. The van der Waals surface area contributed by atoms with Crippen molar-refractivity contribution in [2.24, 2.45) is 0 Å². The van der Waals surface area contributed by atoms with Crippen LogP contribution in [0.15, 0.2) is 0 Å². The summed E-state index contributed by atoms with van der Waals surface area (Å²) in [6, 6.07) is 0. The number of methoxy groups -OCH3 is 1. The molecule has 120 valence electrons. The summed E-state index contributed by atoms with van der Waals surface area (Å²) in [4.78, 5) is 11.5. The van der Waals surface area contributed by atoms with E-state index in [0.717, 1.165) is 32.4 Å². The van der Waals surface area contributed by atoms with E-state index in [4.69, 9.17) is 9.47 Å². The number of amides is 1. The van der Waals surface area contributed by atoms with Crippen molar-refractivity contribution < 1.29 is 14.3 Å². The predicted octanol–water partition coefficient (Wildman–Crippen LogP) is 2.70. The van der Waals surface area contributed by atoms with Gasteiger partial charge in [-0.3, -0.25) is 0 Å². The van der Waals surface area contributed by atoms with Crippen LogP contribution in [0.4, 0.5) is 4.79 Å². The molecule has 5 nitrogen and oxygen atoms in total. The minimum absolute atomic E-state index is 0.0970. The Kier molecular flexibility index (Phi) is 8.81. The standard InChI is InChI=1S/C13H26N2O3.C2H6/c1-12(2,3)18-11(16)15-10-7-13(17-4)5-8-14-9-6-13;1-2/h14H,5-10H2,1-4H3,(H,15,16);1-2H3. The number of nitrogens with one attached hydrogen (secondary N) is 2. The van der Waals surface area contributed by atoms with Crippen LogP contribution in [-0.2, 0) is 9.47 Å². The summed E-state index contributed by atoms with van der Waals surface area (Å²) in [6.07, 6.45) is 2.44. The number of ether oxygens (including phenoxy) is 2. The minimum Gasteiger partial charge on any atom is -0.444 e. The molecule has 1 saturated heterocycles. The normalized spacial score (nSPS) is 17.7. The van der Waals surface area contributed by atoms with Crippen LogP contribution in [0.5, 0.6) is 0 Å². The topological polar surface area (TPSA) is 59.6 Å². The molecule has 0 aliphatic carbocycles. The van der Waals surface area contributed by atoms with Gasteiger partial charge in [-0.2, -0.15) is 0 Å². The first-order valence-corrected chi connectivity index (χ1v) is 7.60. The summed E-state index contributed by atoms with van der Waals surface area (Å²) >= 11 is 0. The lowest BCUT2D eigenvalue weighted by Gasteiger charge is -2.36. The molecule has 0 bridgehead atoms. The third-order valence-corrected chi connectivity index (χ3v) is 3.20. The van der Waals surface area contributed by atoms with Gasteiger partial charge < -0.3 is 20.1 Å². The first kappa shape index (κ1) is 19.2. The Morgan fingerprint density at radius 3 is 2.25 bits per heavy atom. The zero-order valence-electron chi connectivity index (χ0n) is 14.0. The number of rotatable bonds is 4. The smallest absolute Gasteiger partial charge is 0.407 e. The molecule has 1 fully saturated rings. The summed E-state index contributed by atoms with van der Waals surface area (Å²) < 4.78 is 10.8. The maximum atomic E-state index is 11.5. The molecule has 0 aromatic heterocycles. The van der Waals surface area contributed by atoms with Crippen molar-refractivity contribution in [1.82, 2.24) is 10.6 Å². The van der Waals surface area contributed by atoms with Crippen LogP contribution in [0, 0.1) is 0 Å². The lowest BCUT2D eigenvalue weighted by atomic mass is 9.89. The van der Waals surface area contributed by atoms with Gasteiger partial charge in [-0.15, -0.1) is 0 Å². The number of hydrogen-bond acceptors (Lipinski definition) is 4. The molecule has 0 atom stereocenters. The molecule has 2 N–H and O–H groups in total. The Morgan fingerprint density at radius 1 is 1.25 bits per heavy atom. The van der Waals surface area contributed by atoms with E-state index < -0.39 is 5.60 Å². The molecule has 1 heterocycles. The summed E-state index contributed by atoms with van der Waals surface area (Å²) in [7, 11) is 1.75. The van der Waals surface area contributed by atoms with E-state index in [2.05, 4.69) is 10.6 Å². The van der Waals surface area contributed by atoms with Crippen molar-refractivity contribution in [2.45, 2.75) is 65.1 Å². The van der Waals surface area contributed by atoms with Crippen LogP contribution >= 0.6 is 0 Å². The second-order valence-electron chi connectivity index (χ2n) is 5.82. The molecule has 0 spiro atoms. The van der Waals surface area contributed by atoms with Crippen molar-refractivity contribution in [1.29, 1.82) is 0 Å². The predicted molar refractivity (Wildman–Crippen MR) is 82.0 cm³/mol. The molecular formula is C15H32N2O3. The SMILES string of the molecule is CC.COC1(CCNC(=O)OC(C)(C)C)CCNCC1. The zero-order valence-corrected chi connectivity index (χ0v) is 14.0. The van der Waals surface area contributed by atoms with Crippen molar-refractivity contribution >= 4 is 6.09 Å². The summed E-state index contributed by atoms with van der Waals surface area (Å²) in [5.41, 5.74) is -0.544. The molecular weight excluding hydrogens is 256 g/mol. The molecule has 0 radical (unpaired) electrons. The van der Waals surface area contributed by atoms with Crippen LogP contribution in [0.1, 0.15) is 53.9 Å². The number of hydrogen-bond donors (Lipinski definition) is 2. The lowest BCUT2D eigenvalue weighted by molar-refractivity contribution is -0.0400. The van der Waals surface area contributed by atoms with Crippen LogP contribution in [0.25, 0.3) is 0 Å². The van der Waals surface area contributed by atoms with Gasteiger partial charge in [0.15, 0.2) is 0 Å². The quantitative estimate of drug-likeness (QED) is 0.835. The number of alkyl carbamates (subject to hydrolysis) is 1. The van der Waals surface area contributed by atoms with E-state index in [1.807, 2.05) is 34.6 Å². The van der Waals surface area contributed by atoms with E-state index in [9.17, 15) is 4.79 Å². The molecule has 20 heavy (non-hydrogen) atoms. The van der Waals surface area contributed by atoms with E-state index in [0.29, 0.717) is 6.54 Å². The summed E-state index contributed by atoms with van der Waals surface area (Å²) in [5.74, 6) is 0. The third kappa shape index (κ3) is 7.70. The van der Waals surface area contributed by atoms with Gasteiger partial charge in [0, 0.05) is 13.7 Å². The Hall–Kier alpha value is -0.810. The van der Waals surface area contributed by atoms with Crippen LogP contribution in [0.2, 0.25) is 0 Å². The van der Waals surface area contributed by atoms with Gasteiger partial charge in [0.2, 0.25) is 0 Å². The fourth-order valence-electron chi connectivity index (χ4n) is 2.15. The summed E-state index contributed by atoms with van der Waals surface area (Å²) in [6.45, 7) is 12.1. The molecule has 1 amide bonds. The fraction of sp³-hybridized carbons (Fsp3) is 0.933. The molecule has 1 aliphatic rings. The second-order valence-corrected chi connectivity index (χ2v) is 5.82. The molecule has 0 saturated carbocycles. The van der Waals surface area contributed by atoms with Gasteiger partial charge in [0.05, 0.1) is 5.60 Å². The molecule has 1 aliphatic heterocycles. The van der Waals surface area contributed by atoms with Gasteiger partial charge in [-0.25, -0.2) is 4.79 Å². The van der Waals surface area contributed by atoms with Crippen LogP contribution < -0.4 is 10.6 Å². The Morgan fingerprint density at radius 2 is 1.80 bits per heavy atom. The second kappa shape index (κ2) is 9.19. The monoisotopic (exact) mass is 288 g/mol. The molecule has 0 unspecified atom stereocenters. The Bertz CT molecular complexity index is 269. The van der Waals surface area contributed by atoms with Crippen molar-refractivity contribution in [2.75, 3.05) is 26.7 Å². The van der Waals surface area contributed by atoms with Gasteiger partial charge in [0.1, 0.15) is 5.60 Å². The first-order valence-electron chi connectivity index (χ1n) is 7.60. The molecule has 0 aromatic carbocycles. The minimum atomic E-state index is -0.447. The molecule has 5 heteroatoms. The first-order chi connectivity index (χ1) is 9.37. The van der Waals surface area contributed by atoms with Gasteiger partial charge in [-0.1, -0.05) is 13.8 Å². The highest BCUT2D eigenvalue weighted by Gasteiger charge is 2.31. The van der Waals surface area contributed by atoms with Crippen molar-refractivity contribution in [3.05, 3.63) is 0 Å². The Labute approximate surface area is 123 Å². The largest absolute Gasteiger partial charge is 0.444 e. The maximum absolute atomic E-state index is 11.5. The highest BCUT2D eigenvalue weighted by atomic mass is 16.6. The van der Waals surface area contributed by atoms with E-state index in [1.165, 1.54) is 0 Å². The van der Waals surface area contributed by atoms with Gasteiger partial charge >= 0.3 is 6.09 Å². The number of carbonyl (C=O) groups excluding carboxylic acids is 1. The van der Waals surface area contributed by atoms with Crippen molar-refractivity contribution in [3.63, 3.8) is 0 Å². The van der Waals surface area contributed by atoms with Crippen LogP contribution in [-0.4, -0.2) is 44.0 Å². The third-order valence-electron chi connectivity index (χ3n) is 3.20. The van der Waals surface area contributed by atoms with E-state index in [1.54, 1.807) is 7.11 Å². The van der Waals surface area contributed by atoms with E-state index in [-0.39, 0.29) is 11.7 Å². The highest BCUT2D eigenvalue weighted by Crippen LogP contribution is 2.25. The summed E-state index contributed by atoms with van der Waals surface area (Å²) in [5, 5.41) is 6.10. The zero-order chi connectivity index (χ0) is 15.6. The molecule has 1 rings (SSSR count). The van der Waals surface area contributed by atoms with Gasteiger partial charge in [-0.05, 0) is 53.1 Å². The van der Waals surface area contributed by atoms with Gasteiger partial charge in [0.25, 0.3) is 0 Å².